The normalized spacial score (nSPS) is 9.54. The Bertz CT molecular complexity index is 117. The smallest absolute Gasteiger partial charge is 0.222 e. The number of hydrogen-bond donors (Lipinski definition) is 1. The molecule has 0 fully saturated rings. The highest BCUT2D eigenvalue weighted by atomic mass is 16.1. The third-order valence-electron chi connectivity index (χ3n) is 1.46. The second kappa shape index (κ2) is 9.56. The van der Waals surface area contributed by atoms with E-state index in [0.717, 1.165) is 0 Å². The molecule has 0 unspecified atom stereocenters. The molecule has 13 heavy (non-hydrogen) atoms. The highest BCUT2D eigenvalue weighted by Crippen LogP contribution is 1.91. The molecule has 0 aromatic heterocycles. The van der Waals surface area contributed by atoms with Gasteiger partial charge in [-0.2, -0.15) is 0 Å². The largest absolute Gasteiger partial charge is 0.354 e. The molecule has 0 atom stereocenters. The minimum Gasteiger partial charge on any atom is -0.354 e. The minimum atomic E-state index is 0.104. The van der Waals surface area contributed by atoms with E-state index in [2.05, 4.69) is 19.2 Å². The Kier molecular flexibility index (Phi) is 11.0. The standard InChI is InChI=1S/C7H15NO.C4H10/c1-5(2)7(9)8-6(3)4;1-3-4-2/h5-6H,1-4H3,(H,8,9);3-4H2,1-2H3. The van der Waals surface area contributed by atoms with E-state index in [9.17, 15) is 4.79 Å². The lowest BCUT2D eigenvalue weighted by Gasteiger charge is -2.09. The van der Waals surface area contributed by atoms with Crippen LogP contribution in [0, 0.1) is 5.92 Å². The van der Waals surface area contributed by atoms with Gasteiger partial charge in [-0.1, -0.05) is 40.5 Å². The number of carbonyl (C=O) groups excluding carboxylic acids is 1. The molecule has 0 aliphatic carbocycles. The zero-order valence-corrected chi connectivity index (χ0v) is 9.98. The molecule has 0 aromatic carbocycles. The molecule has 0 spiro atoms. The zero-order chi connectivity index (χ0) is 10.9. The molecule has 2 nitrogen and oxygen atoms in total. The molecule has 1 N–H and O–H groups in total. The van der Waals surface area contributed by atoms with Crippen LogP contribution in [0.3, 0.4) is 0 Å². The van der Waals surface area contributed by atoms with Crippen molar-refractivity contribution in [1.82, 2.24) is 5.32 Å². The summed E-state index contributed by atoms with van der Waals surface area (Å²) >= 11 is 0. The molecule has 0 saturated carbocycles. The molecule has 0 aromatic rings. The maximum Gasteiger partial charge on any atom is 0.222 e. The molecule has 0 radical (unpaired) electrons. The summed E-state index contributed by atoms with van der Waals surface area (Å²) < 4.78 is 0. The van der Waals surface area contributed by atoms with Crippen molar-refractivity contribution in [3.05, 3.63) is 0 Å². The maximum atomic E-state index is 10.8. The fourth-order valence-corrected chi connectivity index (χ4v) is 0.451. The van der Waals surface area contributed by atoms with Crippen molar-refractivity contribution in [3.8, 4) is 0 Å². The topological polar surface area (TPSA) is 29.1 Å². The van der Waals surface area contributed by atoms with Gasteiger partial charge in [-0.25, -0.2) is 0 Å². The zero-order valence-electron chi connectivity index (χ0n) is 9.98. The summed E-state index contributed by atoms with van der Waals surface area (Å²) in [5.41, 5.74) is 0. The molecule has 2 heteroatoms. The van der Waals surface area contributed by atoms with Crippen molar-refractivity contribution in [2.24, 2.45) is 5.92 Å². The van der Waals surface area contributed by atoms with Gasteiger partial charge in [-0.3, -0.25) is 4.79 Å². The van der Waals surface area contributed by atoms with Gasteiger partial charge in [0.25, 0.3) is 0 Å². The molecule has 80 valence electrons. The lowest BCUT2D eigenvalue weighted by molar-refractivity contribution is -0.124. The van der Waals surface area contributed by atoms with Crippen molar-refractivity contribution >= 4 is 5.91 Å². The van der Waals surface area contributed by atoms with Crippen LogP contribution in [0.25, 0.3) is 0 Å². The first kappa shape index (κ1) is 15.0. The van der Waals surface area contributed by atoms with Crippen molar-refractivity contribution in [2.45, 2.75) is 60.4 Å². The third kappa shape index (κ3) is 14.3. The fourth-order valence-electron chi connectivity index (χ4n) is 0.451. The van der Waals surface area contributed by atoms with Crippen LogP contribution in [-0.2, 0) is 4.79 Å². The molecule has 0 aliphatic rings. The monoisotopic (exact) mass is 187 g/mol. The summed E-state index contributed by atoms with van der Waals surface area (Å²) in [6.45, 7) is 12.1. The molecule has 0 saturated heterocycles. The van der Waals surface area contributed by atoms with Crippen LogP contribution >= 0.6 is 0 Å². The first-order valence-electron chi connectivity index (χ1n) is 5.26. The van der Waals surface area contributed by atoms with Gasteiger partial charge in [0.2, 0.25) is 5.91 Å². The van der Waals surface area contributed by atoms with Crippen LogP contribution in [0.15, 0.2) is 0 Å². The Morgan fingerprint density at radius 3 is 1.54 bits per heavy atom. The Hall–Kier alpha value is -0.530. The molecule has 0 rings (SSSR count). The van der Waals surface area contributed by atoms with Crippen LogP contribution in [0.1, 0.15) is 54.4 Å². The van der Waals surface area contributed by atoms with Gasteiger partial charge >= 0.3 is 0 Å². The van der Waals surface area contributed by atoms with E-state index in [1.165, 1.54) is 12.8 Å². The minimum absolute atomic E-state index is 0.104. The Labute approximate surface area is 83.1 Å². The summed E-state index contributed by atoms with van der Waals surface area (Å²) in [5, 5.41) is 2.80. The lowest BCUT2D eigenvalue weighted by Crippen LogP contribution is -2.33. The molecule has 0 heterocycles. The van der Waals surface area contributed by atoms with Crippen LogP contribution in [-0.4, -0.2) is 11.9 Å². The summed E-state index contributed by atoms with van der Waals surface area (Å²) in [5.74, 6) is 0.234. The van der Waals surface area contributed by atoms with Crippen LogP contribution in [0.5, 0.6) is 0 Å². The molecular formula is C11H25NO. The third-order valence-corrected chi connectivity index (χ3v) is 1.46. The fraction of sp³-hybridized carbons (Fsp3) is 0.909. The maximum absolute atomic E-state index is 10.8. The summed E-state index contributed by atoms with van der Waals surface area (Å²) in [4.78, 5) is 10.8. The van der Waals surface area contributed by atoms with E-state index in [-0.39, 0.29) is 17.9 Å². The number of unbranched alkanes of at least 4 members (excludes halogenated alkanes) is 1. The number of amides is 1. The summed E-state index contributed by atoms with van der Waals surface area (Å²) in [7, 11) is 0. The highest BCUT2D eigenvalue weighted by Gasteiger charge is 2.06. The van der Waals surface area contributed by atoms with Crippen LogP contribution in [0.2, 0.25) is 0 Å². The van der Waals surface area contributed by atoms with Gasteiger partial charge in [0, 0.05) is 12.0 Å². The Balaban J connectivity index is 0. The van der Waals surface area contributed by atoms with Gasteiger partial charge in [0.05, 0.1) is 0 Å². The number of carbonyl (C=O) groups is 1. The van der Waals surface area contributed by atoms with E-state index in [4.69, 9.17) is 0 Å². The Morgan fingerprint density at radius 2 is 1.46 bits per heavy atom. The van der Waals surface area contributed by atoms with Crippen molar-refractivity contribution in [3.63, 3.8) is 0 Å². The first-order chi connectivity index (χ1) is 5.95. The van der Waals surface area contributed by atoms with E-state index < -0.39 is 0 Å². The lowest BCUT2D eigenvalue weighted by atomic mass is 10.2. The van der Waals surface area contributed by atoms with Gasteiger partial charge in [0.15, 0.2) is 0 Å². The van der Waals surface area contributed by atoms with E-state index in [1.807, 2.05) is 27.7 Å². The second-order valence-electron chi connectivity index (χ2n) is 3.82. The molecule has 0 bridgehead atoms. The average Bonchev–Trinajstić information content (AvgIpc) is 2.03. The van der Waals surface area contributed by atoms with E-state index in [1.54, 1.807) is 0 Å². The molecular weight excluding hydrogens is 162 g/mol. The SMILES string of the molecule is CC(C)NC(=O)C(C)C.CCCC. The molecule has 0 aliphatic heterocycles. The average molecular weight is 187 g/mol. The Morgan fingerprint density at radius 1 is 1.08 bits per heavy atom. The number of nitrogens with one attached hydrogen (secondary N) is 1. The molecule has 1 amide bonds. The number of hydrogen-bond acceptors (Lipinski definition) is 1. The second-order valence-corrected chi connectivity index (χ2v) is 3.82. The first-order valence-corrected chi connectivity index (χ1v) is 5.26. The van der Waals surface area contributed by atoms with Crippen molar-refractivity contribution in [1.29, 1.82) is 0 Å². The summed E-state index contributed by atoms with van der Waals surface area (Å²) in [6.07, 6.45) is 2.64. The van der Waals surface area contributed by atoms with Crippen LogP contribution < -0.4 is 5.32 Å². The van der Waals surface area contributed by atoms with Gasteiger partial charge in [0.1, 0.15) is 0 Å². The predicted octanol–water partition coefficient (Wildman–Crippen LogP) is 2.97. The highest BCUT2D eigenvalue weighted by molar-refractivity contribution is 5.78. The van der Waals surface area contributed by atoms with Gasteiger partial charge in [-0.05, 0) is 13.8 Å². The predicted molar refractivity (Wildman–Crippen MR) is 58.7 cm³/mol. The van der Waals surface area contributed by atoms with Crippen molar-refractivity contribution in [2.75, 3.05) is 0 Å². The van der Waals surface area contributed by atoms with E-state index in [0.29, 0.717) is 0 Å². The quantitative estimate of drug-likeness (QED) is 0.723. The van der Waals surface area contributed by atoms with E-state index >= 15 is 0 Å². The van der Waals surface area contributed by atoms with Gasteiger partial charge < -0.3 is 5.32 Å². The number of rotatable bonds is 3. The van der Waals surface area contributed by atoms with Gasteiger partial charge in [-0.15, -0.1) is 0 Å². The van der Waals surface area contributed by atoms with Crippen molar-refractivity contribution < 1.29 is 4.79 Å². The summed E-state index contributed by atoms with van der Waals surface area (Å²) in [6, 6.07) is 0.264. The van der Waals surface area contributed by atoms with Crippen LogP contribution in [0.4, 0.5) is 0 Å².